The van der Waals surface area contributed by atoms with Gasteiger partial charge in [0.1, 0.15) is 6.04 Å². The number of hydrogen-bond donors (Lipinski definition) is 1. The van der Waals surface area contributed by atoms with E-state index < -0.39 is 16.1 Å². The van der Waals surface area contributed by atoms with Gasteiger partial charge in [-0.2, -0.15) is 4.31 Å². The van der Waals surface area contributed by atoms with Gasteiger partial charge in [0.05, 0.1) is 4.90 Å². The van der Waals surface area contributed by atoms with Crippen LogP contribution in [0.3, 0.4) is 0 Å². The van der Waals surface area contributed by atoms with Gasteiger partial charge in [0, 0.05) is 17.6 Å². The molecule has 0 saturated carbocycles. The number of hydrogen-bond acceptors (Lipinski definition) is 3. The van der Waals surface area contributed by atoms with Gasteiger partial charge >= 0.3 is 0 Å². The fourth-order valence-electron chi connectivity index (χ4n) is 3.40. The van der Waals surface area contributed by atoms with Crippen LogP contribution >= 0.6 is 11.6 Å². The molecule has 5 nitrogen and oxygen atoms in total. The van der Waals surface area contributed by atoms with Crippen molar-refractivity contribution >= 4 is 27.5 Å². The van der Waals surface area contributed by atoms with E-state index in [-0.39, 0.29) is 16.8 Å². The van der Waals surface area contributed by atoms with Crippen LogP contribution in [0, 0.1) is 0 Å². The quantitative estimate of drug-likeness (QED) is 0.800. The molecule has 0 bridgehead atoms. The topological polar surface area (TPSA) is 66.5 Å². The van der Waals surface area contributed by atoms with Gasteiger partial charge in [0.15, 0.2) is 0 Å². The Labute approximate surface area is 165 Å². The summed E-state index contributed by atoms with van der Waals surface area (Å²) in [7, 11) is -3.68. The fraction of sp³-hybridized carbons (Fsp3) is 0.350. The molecule has 1 saturated heterocycles. The Kier molecular flexibility index (Phi) is 6.19. The minimum atomic E-state index is -3.68. The summed E-state index contributed by atoms with van der Waals surface area (Å²) in [5.41, 5.74) is 0.951. The van der Waals surface area contributed by atoms with Crippen molar-refractivity contribution in [2.45, 2.75) is 43.2 Å². The molecule has 1 aliphatic heterocycles. The summed E-state index contributed by atoms with van der Waals surface area (Å²) >= 11 is 6.18. The second-order valence-electron chi connectivity index (χ2n) is 6.79. The first-order chi connectivity index (χ1) is 12.9. The van der Waals surface area contributed by atoms with Crippen molar-refractivity contribution in [3.63, 3.8) is 0 Å². The summed E-state index contributed by atoms with van der Waals surface area (Å²) in [5, 5.41) is 3.61. The number of carbonyl (C=O) groups excluding carboxylic acids is 1. The number of rotatable bonds is 6. The molecule has 0 spiro atoms. The van der Waals surface area contributed by atoms with Crippen LogP contribution < -0.4 is 5.32 Å². The van der Waals surface area contributed by atoms with E-state index in [9.17, 15) is 13.2 Å². The molecular formula is C20H23ClN2O3S. The molecule has 27 heavy (non-hydrogen) atoms. The molecule has 1 N–H and O–H groups in total. The van der Waals surface area contributed by atoms with E-state index in [1.807, 2.05) is 31.2 Å². The predicted octanol–water partition coefficient (Wildman–Crippen LogP) is 3.24. The Morgan fingerprint density at radius 1 is 1.19 bits per heavy atom. The second kappa shape index (κ2) is 8.42. The highest BCUT2D eigenvalue weighted by atomic mass is 35.5. The number of carbonyl (C=O) groups is 1. The van der Waals surface area contributed by atoms with Gasteiger partial charge in [0.2, 0.25) is 15.9 Å². The third-order valence-corrected chi connectivity index (χ3v) is 7.02. The maximum absolute atomic E-state index is 12.9. The molecule has 2 aromatic rings. The van der Waals surface area contributed by atoms with Crippen LogP contribution in [0.15, 0.2) is 59.5 Å². The summed E-state index contributed by atoms with van der Waals surface area (Å²) in [6.45, 7) is 2.25. The summed E-state index contributed by atoms with van der Waals surface area (Å²) < 4.78 is 27.1. The lowest BCUT2D eigenvalue weighted by Gasteiger charge is -2.25. The van der Waals surface area contributed by atoms with E-state index in [4.69, 9.17) is 11.6 Å². The molecule has 0 radical (unpaired) electrons. The van der Waals surface area contributed by atoms with E-state index in [1.165, 1.54) is 4.31 Å². The van der Waals surface area contributed by atoms with Crippen LogP contribution in [-0.2, 0) is 21.2 Å². The van der Waals surface area contributed by atoms with Crippen molar-refractivity contribution in [3.05, 3.63) is 65.2 Å². The molecule has 1 amide bonds. The average molecular weight is 407 g/mol. The molecule has 0 unspecified atom stereocenters. The zero-order valence-corrected chi connectivity index (χ0v) is 16.7. The van der Waals surface area contributed by atoms with Gasteiger partial charge in [-0.05, 0) is 49.9 Å². The summed E-state index contributed by atoms with van der Waals surface area (Å²) in [4.78, 5) is 13.0. The molecule has 0 aromatic heterocycles. The summed E-state index contributed by atoms with van der Waals surface area (Å²) in [5.74, 6) is -0.258. The molecular weight excluding hydrogens is 384 g/mol. The van der Waals surface area contributed by atoms with Crippen molar-refractivity contribution in [1.29, 1.82) is 0 Å². The predicted molar refractivity (Wildman–Crippen MR) is 106 cm³/mol. The SMILES string of the molecule is C[C@H](Cc1ccccc1Cl)NC(=O)[C@@H]1CCCN1S(=O)(=O)c1ccccc1. The number of nitrogens with one attached hydrogen (secondary N) is 1. The lowest BCUT2D eigenvalue weighted by molar-refractivity contribution is -0.124. The van der Waals surface area contributed by atoms with Crippen molar-refractivity contribution in [3.8, 4) is 0 Å². The van der Waals surface area contributed by atoms with E-state index in [1.54, 1.807) is 30.3 Å². The van der Waals surface area contributed by atoms with Gasteiger partial charge < -0.3 is 5.32 Å². The van der Waals surface area contributed by atoms with Crippen LogP contribution in [0.2, 0.25) is 5.02 Å². The maximum Gasteiger partial charge on any atom is 0.243 e. The second-order valence-corrected chi connectivity index (χ2v) is 9.09. The van der Waals surface area contributed by atoms with E-state index in [0.717, 1.165) is 5.56 Å². The van der Waals surface area contributed by atoms with E-state index >= 15 is 0 Å². The maximum atomic E-state index is 12.9. The Bertz CT molecular complexity index is 902. The minimum Gasteiger partial charge on any atom is -0.352 e. The number of halogens is 1. The van der Waals surface area contributed by atoms with Crippen molar-refractivity contribution in [2.75, 3.05) is 6.54 Å². The van der Waals surface area contributed by atoms with Crippen LogP contribution in [0.25, 0.3) is 0 Å². The first kappa shape index (κ1) is 19.9. The minimum absolute atomic E-state index is 0.153. The van der Waals surface area contributed by atoms with Gasteiger partial charge in [-0.25, -0.2) is 8.42 Å². The van der Waals surface area contributed by atoms with Crippen LogP contribution in [0.4, 0.5) is 0 Å². The Balaban J connectivity index is 1.69. The molecule has 1 aliphatic rings. The first-order valence-corrected chi connectivity index (χ1v) is 10.8. The molecule has 7 heteroatoms. The fourth-order valence-corrected chi connectivity index (χ4v) is 5.29. The monoisotopic (exact) mass is 406 g/mol. The number of benzene rings is 2. The largest absolute Gasteiger partial charge is 0.352 e. The van der Waals surface area contributed by atoms with Crippen LogP contribution in [0.5, 0.6) is 0 Å². The van der Waals surface area contributed by atoms with E-state index in [2.05, 4.69) is 5.32 Å². The number of nitrogens with zero attached hydrogens (tertiary/aromatic N) is 1. The molecule has 144 valence electrons. The van der Waals surface area contributed by atoms with Crippen molar-refractivity contribution in [2.24, 2.45) is 0 Å². The first-order valence-electron chi connectivity index (χ1n) is 9.00. The van der Waals surface area contributed by atoms with Crippen LogP contribution in [-0.4, -0.2) is 37.3 Å². The van der Waals surface area contributed by atoms with Gasteiger partial charge in [-0.3, -0.25) is 4.79 Å². The molecule has 3 rings (SSSR count). The van der Waals surface area contributed by atoms with E-state index in [0.29, 0.717) is 30.8 Å². The smallest absolute Gasteiger partial charge is 0.243 e. The van der Waals surface area contributed by atoms with Crippen molar-refractivity contribution in [1.82, 2.24) is 9.62 Å². The molecule has 1 heterocycles. The number of sulfonamides is 1. The lowest BCUT2D eigenvalue weighted by atomic mass is 10.1. The normalized spacial score (nSPS) is 19.0. The Morgan fingerprint density at radius 2 is 1.85 bits per heavy atom. The summed E-state index contributed by atoms with van der Waals surface area (Å²) in [6, 6.07) is 14.9. The molecule has 2 atom stereocenters. The third kappa shape index (κ3) is 4.51. The van der Waals surface area contributed by atoms with Crippen molar-refractivity contribution < 1.29 is 13.2 Å². The van der Waals surface area contributed by atoms with Gasteiger partial charge in [-0.15, -0.1) is 0 Å². The zero-order valence-electron chi connectivity index (χ0n) is 15.1. The van der Waals surface area contributed by atoms with Gasteiger partial charge in [-0.1, -0.05) is 48.0 Å². The highest BCUT2D eigenvalue weighted by Gasteiger charge is 2.39. The third-order valence-electron chi connectivity index (χ3n) is 4.73. The highest BCUT2D eigenvalue weighted by molar-refractivity contribution is 7.89. The van der Waals surface area contributed by atoms with Crippen LogP contribution in [0.1, 0.15) is 25.3 Å². The molecule has 1 fully saturated rings. The zero-order chi connectivity index (χ0) is 19.4. The standard InChI is InChI=1S/C20H23ClN2O3S/c1-15(14-16-8-5-6-11-18(16)21)22-20(24)19-12-7-13-23(19)27(25,26)17-9-3-2-4-10-17/h2-6,8-11,15,19H,7,12-14H2,1H3,(H,22,24)/t15-,19+/m1/s1. The lowest BCUT2D eigenvalue weighted by Crippen LogP contribution is -2.48. The Hall–Kier alpha value is -1.89. The average Bonchev–Trinajstić information content (AvgIpc) is 3.15. The highest BCUT2D eigenvalue weighted by Crippen LogP contribution is 2.26. The van der Waals surface area contributed by atoms with Gasteiger partial charge in [0.25, 0.3) is 0 Å². The summed E-state index contributed by atoms with van der Waals surface area (Å²) in [6.07, 6.45) is 1.78. The Morgan fingerprint density at radius 3 is 2.56 bits per heavy atom. The molecule has 2 aromatic carbocycles. The molecule has 0 aliphatic carbocycles. The number of amides is 1.